The minimum atomic E-state index is -3.73. The van der Waals surface area contributed by atoms with Gasteiger partial charge in [-0.1, -0.05) is 18.9 Å². The number of sulfonamides is 1. The van der Waals surface area contributed by atoms with Gasteiger partial charge in [0.25, 0.3) is 0 Å². The van der Waals surface area contributed by atoms with Crippen molar-refractivity contribution in [3.8, 4) is 0 Å². The van der Waals surface area contributed by atoms with Crippen LogP contribution in [0.1, 0.15) is 36.8 Å². The number of hydrogen-bond acceptors (Lipinski definition) is 5. The Labute approximate surface area is 160 Å². The fraction of sp³-hybridized carbons (Fsp3) is 0.588. The number of halogens is 1. The lowest BCUT2D eigenvalue weighted by Gasteiger charge is -2.31. The summed E-state index contributed by atoms with van der Waals surface area (Å²) in [6.07, 6.45) is 4.09. The molecule has 1 aliphatic carbocycles. The average Bonchev–Trinajstić information content (AvgIpc) is 3.08. The molecule has 0 bridgehead atoms. The highest BCUT2D eigenvalue weighted by Gasteiger charge is 2.26. The molecule has 1 amide bonds. The number of hydrogen-bond donors (Lipinski definition) is 3. The van der Waals surface area contributed by atoms with E-state index in [0.717, 1.165) is 36.8 Å². The average molecular weight is 404 g/mol. The second kappa shape index (κ2) is 9.14. The number of ether oxygens (including phenoxy) is 1. The molecule has 26 heavy (non-hydrogen) atoms. The first-order valence-corrected chi connectivity index (χ1v) is 10.2. The number of nitrogens with two attached hydrogens (primary N) is 1. The Morgan fingerprint density at radius 3 is 2.69 bits per heavy atom. The standard InChI is InChI=1S/C17H25N3O4S.ClH/c18-8-12-3-1-2-4-16(12)20-17(21)9-19-25(22,23)15-6-5-13-10-24-11-14(13)7-15;/h5-7,12,16,19H,1-4,8-11,18H2,(H,20,21);1H. The summed E-state index contributed by atoms with van der Waals surface area (Å²) in [6.45, 7) is 1.19. The number of rotatable bonds is 6. The minimum Gasteiger partial charge on any atom is -0.372 e. The fourth-order valence-electron chi connectivity index (χ4n) is 3.50. The van der Waals surface area contributed by atoms with Crippen molar-refractivity contribution in [3.05, 3.63) is 29.3 Å². The fourth-order valence-corrected chi connectivity index (χ4v) is 4.53. The summed E-state index contributed by atoms with van der Waals surface area (Å²) >= 11 is 0. The second-order valence-electron chi connectivity index (χ2n) is 6.70. The topological polar surface area (TPSA) is 111 Å². The van der Waals surface area contributed by atoms with Crippen molar-refractivity contribution in [2.45, 2.75) is 49.8 Å². The summed E-state index contributed by atoms with van der Waals surface area (Å²) in [5.41, 5.74) is 7.64. The summed E-state index contributed by atoms with van der Waals surface area (Å²) in [6, 6.07) is 4.94. The lowest BCUT2D eigenvalue weighted by Crippen LogP contribution is -2.47. The SMILES string of the molecule is Cl.NCC1CCCCC1NC(=O)CNS(=O)(=O)c1ccc2c(c1)COC2. The van der Waals surface area contributed by atoms with Crippen molar-refractivity contribution in [1.29, 1.82) is 0 Å². The molecule has 1 heterocycles. The predicted octanol–water partition coefficient (Wildman–Crippen LogP) is 1.05. The van der Waals surface area contributed by atoms with Crippen LogP contribution in [0.15, 0.2) is 23.1 Å². The highest BCUT2D eigenvalue weighted by Crippen LogP contribution is 2.24. The third-order valence-electron chi connectivity index (χ3n) is 4.98. The monoisotopic (exact) mass is 403 g/mol. The highest BCUT2D eigenvalue weighted by molar-refractivity contribution is 7.89. The van der Waals surface area contributed by atoms with Crippen molar-refractivity contribution in [1.82, 2.24) is 10.0 Å². The van der Waals surface area contributed by atoms with Gasteiger partial charge in [-0.25, -0.2) is 13.1 Å². The van der Waals surface area contributed by atoms with Gasteiger partial charge in [0.05, 0.1) is 24.7 Å². The van der Waals surface area contributed by atoms with Crippen molar-refractivity contribution in [2.24, 2.45) is 11.7 Å². The summed E-state index contributed by atoms with van der Waals surface area (Å²) in [4.78, 5) is 12.3. The van der Waals surface area contributed by atoms with Gasteiger partial charge in [-0.3, -0.25) is 4.79 Å². The van der Waals surface area contributed by atoms with Gasteiger partial charge in [0, 0.05) is 6.04 Å². The molecule has 2 unspecified atom stereocenters. The maximum absolute atomic E-state index is 12.4. The second-order valence-corrected chi connectivity index (χ2v) is 8.47. The van der Waals surface area contributed by atoms with Gasteiger partial charge in [0.2, 0.25) is 15.9 Å². The molecule has 1 aliphatic heterocycles. The van der Waals surface area contributed by atoms with E-state index < -0.39 is 10.0 Å². The van der Waals surface area contributed by atoms with Crippen LogP contribution in [0.3, 0.4) is 0 Å². The zero-order valence-corrected chi connectivity index (χ0v) is 16.2. The summed E-state index contributed by atoms with van der Waals surface area (Å²) in [5.74, 6) is -0.0514. The van der Waals surface area contributed by atoms with Gasteiger partial charge < -0.3 is 15.8 Å². The van der Waals surface area contributed by atoms with Crippen molar-refractivity contribution >= 4 is 28.3 Å². The third-order valence-corrected chi connectivity index (χ3v) is 6.38. The van der Waals surface area contributed by atoms with Crippen LogP contribution in [-0.4, -0.2) is 33.5 Å². The molecule has 2 atom stereocenters. The molecule has 146 valence electrons. The minimum absolute atomic E-state index is 0. The summed E-state index contributed by atoms with van der Waals surface area (Å²) in [5, 5.41) is 2.92. The van der Waals surface area contributed by atoms with Crippen LogP contribution >= 0.6 is 12.4 Å². The van der Waals surface area contributed by atoms with Gasteiger partial charge in [-0.05, 0) is 48.6 Å². The number of carbonyl (C=O) groups is 1. The van der Waals surface area contributed by atoms with Crippen LogP contribution in [0.5, 0.6) is 0 Å². The maximum Gasteiger partial charge on any atom is 0.241 e. The van der Waals surface area contributed by atoms with Crippen LogP contribution < -0.4 is 15.8 Å². The van der Waals surface area contributed by atoms with E-state index in [2.05, 4.69) is 10.0 Å². The lowest BCUT2D eigenvalue weighted by atomic mass is 9.84. The molecule has 2 aliphatic rings. The van der Waals surface area contributed by atoms with E-state index in [4.69, 9.17) is 10.5 Å². The van der Waals surface area contributed by atoms with Crippen molar-refractivity contribution in [3.63, 3.8) is 0 Å². The van der Waals surface area contributed by atoms with Crippen molar-refractivity contribution < 1.29 is 17.9 Å². The predicted molar refractivity (Wildman–Crippen MR) is 100 cm³/mol. The smallest absolute Gasteiger partial charge is 0.241 e. The van der Waals surface area contributed by atoms with E-state index in [0.29, 0.717) is 19.8 Å². The van der Waals surface area contributed by atoms with Crippen LogP contribution in [0, 0.1) is 5.92 Å². The first kappa shape index (κ1) is 21.1. The molecule has 0 aromatic heterocycles. The van der Waals surface area contributed by atoms with E-state index in [1.54, 1.807) is 18.2 Å². The Morgan fingerprint density at radius 2 is 1.92 bits per heavy atom. The maximum atomic E-state index is 12.4. The normalized spacial score (nSPS) is 22.3. The van der Waals surface area contributed by atoms with Crippen LogP contribution in [0.4, 0.5) is 0 Å². The molecule has 3 rings (SSSR count). The van der Waals surface area contributed by atoms with Gasteiger partial charge in [-0.2, -0.15) is 0 Å². The number of amides is 1. The zero-order valence-electron chi connectivity index (χ0n) is 14.6. The molecule has 1 aromatic rings. The van der Waals surface area contributed by atoms with E-state index in [1.807, 2.05) is 0 Å². The molecule has 0 saturated heterocycles. The molecule has 0 radical (unpaired) electrons. The molecule has 9 heteroatoms. The Morgan fingerprint density at radius 1 is 1.19 bits per heavy atom. The number of benzene rings is 1. The van der Waals surface area contributed by atoms with E-state index in [9.17, 15) is 13.2 Å². The molecule has 0 spiro atoms. The van der Waals surface area contributed by atoms with E-state index in [1.165, 1.54) is 0 Å². The number of fused-ring (bicyclic) bond motifs is 1. The van der Waals surface area contributed by atoms with Gasteiger partial charge in [0.1, 0.15) is 0 Å². The van der Waals surface area contributed by atoms with Crippen molar-refractivity contribution in [2.75, 3.05) is 13.1 Å². The zero-order chi connectivity index (χ0) is 17.9. The Bertz CT molecular complexity index is 742. The lowest BCUT2D eigenvalue weighted by molar-refractivity contribution is -0.121. The van der Waals surface area contributed by atoms with Gasteiger partial charge in [0.15, 0.2) is 0 Å². The largest absolute Gasteiger partial charge is 0.372 e. The Hall–Kier alpha value is -1.19. The van der Waals surface area contributed by atoms with E-state index in [-0.39, 0.29) is 41.7 Å². The number of carbonyl (C=O) groups excluding carboxylic acids is 1. The molecule has 1 saturated carbocycles. The summed E-state index contributed by atoms with van der Waals surface area (Å²) in [7, 11) is -3.73. The molecular formula is C17H26ClN3O4S. The van der Waals surface area contributed by atoms with Crippen LogP contribution in [-0.2, 0) is 32.8 Å². The molecule has 1 fully saturated rings. The van der Waals surface area contributed by atoms with E-state index >= 15 is 0 Å². The molecule has 4 N–H and O–H groups in total. The first-order chi connectivity index (χ1) is 12.0. The van der Waals surface area contributed by atoms with Gasteiger partial charge >= 0.3 is 0 Å². The molecule has 1 aromatic carbocycles. The molecular weight excluding hydrogens is 378 g/mol. The Balaban J connectivity index is 0.00000243. The first-order valence-electron chi connectivity index (χ1n) is 8.68. The van der Waals surface area contributed by atoms with Gasteiger partial charge in [-0.15, -0.1) is 12.4 Å². The highest BCUT2D eigenvalue weighted by atomic mass is 35.5. The Kier molecular flexibility index (Phi) is 7.42. The quantitative estimate of drug-likeness (QED) is 0.657. The third kappa shape index (κ3) is 4.95. The van der Waals surface area contributed by atoms with Crippen LogP contribution in [0.25, 0.3) is 0 Å². The summed E-state index contributed by atoms with van der Waals surface area (Å²) < 4.78 is 32.5. The van der Waals surface area contributed by atoms with Crippen LogP contribution in [0.2, 0.25) is 0 Å². The number of nitrogens with one attached hydrogen (secondary N) is 2. The molecule has 7 nitrogen and oxygen atoms in total.